The summed E-state index contributed by atoms with van der Waals surface area (Å²) >= 11 is 0. The number of nitrogens with zero attached hydrogens (tertiary/aromatic N) is 1. The molecule has 0 radical (unpaired) electrons. The van der Waals surface area contributed by atoms with Crippen LogP contribution in [0.15, 0.2) is 12.2 Å². The predicted molar refractivity (Wildman–Crippen MR) is 56.3 cm³/mol. The summed E-state index contributed by atoms with van der Waals surface area (Å²) in [6.07, 6.45) is 8.20. The molecule has 0 aromatic rings. The highest BCUT2D eigenvalue weighted by molar-refractivity contribution is 7.13. The molecule has 2 nitrogen and oxygen atoms in total. The first-order valence-electron chi connectivity index (χ1n) is 4.92. The van der Waals surface area contributed by atoms with Crippen LogP contribution in [0.4, 0.5) is 0 Å². The van der Waals surface area contributed by atoms with Crippen LogP contribution < -0.4 is 0 Å². The van der Waals surface area contributed by atoms with E-state index >= 15 is 0 Å². The molecule has 1 atom stereocenters. The average Bonchev–Trinajstić information content (AvgIpc) is 2.16. The lowest BCUT2D eigenvalue weighted by atomic mass is 9.72. The van der Waals surface area contributed by atoms with Gasteiger partial charge in [0.25, 0.3) is 0 Å². The van der Waals surface area contributed by atoms with Crippen LogP contribution in [0, 0.1) is 5.41 Å². The molecule has 13 heavy (non-hydrogen) atoms. The molecule has 1 aliphatic heterocycles. The van der Waals surface area contributed by atoms with Gasteiger partial charge in [0, 0.05) is 19.5 Å². The summed E-state index contributed by atoms with van der Waals surface area (Å²) in [5.74, 6) is 0.305. The van der Waals surface area contributed by atoms with Gasteiger partial charge in [-0.3, -0.25) is 9.46 Å². The van der Waals surface area contributed by atoms with Crippen LogP contribution in [0.25, 0.3) is 0 Å². The standard InChI is InChI=1S/C10H16NOP/c12-9-1-3-10(4-2-9)5-7-11(13)8-6-10/h1,3H,2,4-8,13H2. The van der Waals surface area contributed by atoms with E-state index in [1.54, 1.807) is 6.08 Å². The zero-order valence-electron chi connectivity index (χ0n) is 7.83. The number of hydrogen-bond acceptors (Lipinski definition) is 2. The van der Waals surface area contributed by atoms with Crippen LogP contribution in [0.3, 0.4) is 0 Å². The molecule has 0 amide bonds. The molecule has 1 aliphatic carbocycles. The van der Waals surface area contributed by atoms with Gasteiger partial charge in [-0.2, -0.15) is 0 Å². The van der Waals surface area contributed by atoms with Gasteiger partial charge in [-0.15, -0.1) is 0 Å². The lowest BCUT2D eigenvalue weighted by Gasteiger charge is -2.39. The third-order valence-corrected chi connectivity index (χ3v) is 3.80. The summed E-state index contributed by atoms with van der Waals surface area (Å²) in [5.41, 5.74) is 0.362. The highest BCUT2D eigenvalue weighted by Gasteiger charge is 2.33. The normalized spacial score (nSPS) is 28.2. The monoisotopic (exact) mass is 197 g/mol. The number of piperidine rings is 1. The van der Waals surface area contributed by atoms with E-state index in [9.17, 15) is 4.79 Å². The summed E-state index contributed by atoms with van der Waals surface area (Å²) in [5, 5.41) is 0. The van der Waals surface area contributed by atoms with Crippen molar-refractivity contribution in [1.29, 1.82) is 0 Å². The van der Waals surface area contributed by atoms with Crippen LogP contribution >= 0.6 is 9.39 Å². The molecule has 1 heterocycles. The second-order valence-electron chi connectivity index (χ2n) is 4.20. The van der Waals surface area contributed by atoms with Crippen LogP contribution in [-0.2, 0) is 4.79 Å². The molecular formula is C10H16NOP. The van der Waals surface area contributed by atoms with Gasteiger partial charge >= 0.3 is 0 Å². The fourth-order valence-corrected chi connectivity index (χ4v) is 2.45. The predicted octanol–water partition coefficient (Wildman–Crippen LogP) is 1.78. The minimum atomic E-state index is 0.305. The fraction of sp³-hybridized carbons (Fsp3) is 0.700. The summed E-state index contributed by atoms with van der Waals surface area (Å²) in [6, 6.07) is 0. The van der Waals surface area contributed by atoms with Crippen LogP contribution in [0.1, 0.15) is 25.7 Å². The van der Waals surface area contributed by atoms with Gasteiger partial charge in [-0.25, -0.2) is 0 Å². The number of carbonyl (C=O) groups is 1. The first-order chi connectivity index (χ1) is 6.20. The van der Waals surface area contributed by atoms with E-state index in [1.165, 1.54) is 12.8 Å². The Bertz CT molecular complexity index is 241. The van der Waals surface area contributed by atoms with E-state index in [-0.39, 0.29) is 0 Å². The van der Waals surface area contributed by atoms with Crippen molar-refractivity contribution in [1.82, 2.24) is 4.67 Å². The van der Waals surface area contributed by atoms with E-state index < -0.39 is 0 Å². The van der Waals surface area contributed by atoms with Crippen molar-refractivity contribution in [3.05, 3.63) is 12.2 Å². The third-order valence-electron chi connectivity index (χ3n) is 3.29. The molecule has 0 bridgehead atoms. The smallest absolute Gasteiger partial charge is 0.155 e. The first kappa shape index (κ1) is 9.36. The Morgan fingerprint density at radius 1 is 1.31 bits per heavy atom. The number of hydrogen-bond donors (Lipinski definition) is 0. The topological polar surface area (TPSA) is 20.3 Å². The molecule has 0 aromatic carbocycles. The molecule has 0 N–H and O–H groups in total. The Kier molecular flexibility index (Phi) is 2.53. The van der Waals surface area contributed by atoms with Crippen molar-refractivity contribution in [3.63, 3.8) is 0 Å². The van der Waals surface area contributed by atoms with E-state index in [0.717, 1.165) is 25.9 Å². The number of carbonyl (C=O) groups excluding carboxylic acids is 1. The fourth-order valence-electron chi connectivity index (χ4n) is 2.19. The summed E-state index contributed by atoms with van der Waals surface area (Å²) in [4.78, 5) is 11.1. The molecule has 1 unspecified atom stereocenters. The van der Waals surface area contributed by atoms with Crippen LogP contribution in [-0.4, -0.2) is 23.5 Å². The SMILES string of the molecule is O=C1C=CC2(CC1)CCN(P)CC2. The van der Waals surface area contributed by atoms with Crippen molar-refractivity contribution < 1.29 is 4.79 Å². The third kappa shape index (κ3) is 2.00. The molecule has 72 valence electrons. The Morgan fingerprint density at radius 2 is 2.00 bits per heavy atom. The highest BCUT2D eigenvalue weighted by atomic mass is 31.0. The van der Waals surface area contributed by atoms with Crippen LogP contribution in [0.2, 0.25) is 0 Å². The molecule has 2 rings (SSSR count). The number of ketones is 1. The van der Waals surface area contributed by atoms with Gasteiger partial charge in [-0.1, -0.05) is 15.5 Å². The lowest BCUT2D eigenvalue weighted by molar-refractivity contribution is -0.115. The average molecular weight is 197 g/mol. The van der Waals surface area contributed by atoms with Crippen molar-refractivity contribution in [2.24, 2.45) is 5.41 Å². The molecule has 3 heteroatoms. The quantitative estimate of drug-likeness (QED) is 0.552. The molecule has 1 fully saturated rings. The molecule has 0 saturated carbocycles. The van der Waals surface area contributed by atoms with Gasteiger partial charge in [0.2, 0.25) is 0 Å². The van der Waals surface area contributed by atoms with Crippen molar-refractivity contribution in [2.75, 3.05) is 13.1 Å². The van der Waals surface area contributed by atoms with Crippen molar-refractivity contribution in [3.8, 4) is 0 Å². The highest BCUT2D eigenvalue weighted by Crippen LogP contribution is 2.40. The minimum absolute atomic E-state index is 0.305. The van der Waals surface area contributed by atoms with E-state index in [1.807, 2.05) is 0 Å². The van der Waals surface area contributed by atoms with Gasteiger partial charge < -0.3 is 0 Å². The summed E-state index contributed by atoms with van der Waals surface area (Å²) in [6.45, 7) is 2.28. The lowest BCUT2D eigenvalue weighted by Crippen LogP contribution is -2.35. The van der Waals surface area contributed by atoms with Crippen molar-refractivity contribution in [2.45, 2.75) is 25.7 Å². The van der Waals surface area contributed by atoms with Gasteiger partial charge in [-0.05, 0) is 30.8 Å². The summed E-state index contributed by atoms with van der Waals surface area (Å²) in [7, 11) is 2.76. The van der Waals surface area contributed by atoms with Crippen LogP contribution in [0.5, 0.6) is 0 Å². The molecule has 1 spiro atoms. The number of allylic oxidation sites excluding steroid dienone is 2. The molecule has 1 saturated heterocycles. The Morgan fingerprint density at radius 3 is 2.54 bits per heavy atom. The largest absolute Gasteiger partial charge is 0.295 e. The Labute approximate surface area is 81.6 Å². The van der Waals surface area contributed by atoms with E-state index in [4.69, 9.17) is 0 Å². The summed E-state index contributed by atoms with van der Waals surface area (Å²) < 4.78 is 2.29. The number of rotatable bonds is 0. The minimum Gasteiger partial charge on any atom is -0.295 e. The van der Waals surface area contributed by atoms with E-state index in [2.05, 4.69) is 20.1 Å². The first-order valence-corrected chi connectivity index (χ1v) is 5.44. The Balaban J connectivity index is 2.05. The molecular weight excluding hydrogens is 181 g/mol. The maximum Gasteiger partial charge on any atom is 0.155 e. The van der Waals surface area contributed by atoms with Gasteiger partial charge in [0.05, 0.1) is 0 Å². The van der Waals surface area contributed by atoms with E-state index in [0.29, 0.717) is 11.2 Å². The van der Waals surface area contributed by atoms with Gasteiger partial charge in [0.1, 0.15) is 0 Å². The molecule has 2 aliphatic rings. The second kappa shape index (κ2) is 3.51. The van der Waals surface area contributed by atoms with Crippen molar-refractivity contribution >= 4 is 15.2 Å². The maximum absolute atomic E-state index is 11.1. The Hall–Kier alpha value is -0.200. The van der Waals surface area contributed by atoms with Gasteiger partial charge in [0.15, 0.2) is 5.78 Å². The zero-order chi connectivity index (χ0) is 9.31. The zero-order valence-corrected chi connectivity index (χ0v) is 8.98. The maximum atomic E-state index is 11.1. The second-order valence-corrected chi connectivity index (χ2v) is 4.93. The molecule has 0 aromatic heterocycles.